The van der Waals surface area contributed by atoms with Gasteiger partial charge in [-0.2, -0.15) is 5.26 Å². The van der Waals surface area contributed by atoms with E-state index in [0.29, 0.717) is 11.3 Å². The van der Waals surface area contributed by atoms with Crippen molar-refractivity contribution in [3.8, 4) is 6.07 Å². The highest BCUT2D eigenvalue weighted by Crippen LogP contribution is 2.24. The smallest absolute Gasteiger partial charge is 0.256 e. The van der Waals surface area contributed by atoms with Gasteiger partial charge in [-0.3, -0.25) is 4.79 Å². The van der Waals surface area contributed by atoms with Crippen molar-refractivity contribution in [2.75, 3.05) is 11.1 Å². The monoisotopic (exact) mass is 344 g/mol. The number of carbonyl (C=O) groups is 1. The number of hydrogen-bond donors (Lipinski definition) is 2. The Morgan fingerprint density at radius 3 is 2.58 bits per heavy atom. The lowest BCUT2D eigenvalue weighted by molar-refractivity contribution is -0.130. The lowest BCUT2D eigenvalue weighted by Gasteiger charge is -2.22. The second-order valence-electron chi connectivity index (χ2n) is 5.61. The zero-order chi connectivity index (χ0) is 17.7. The second-order valence-corrected chi connectivity index (χ2v) is 6.66. The zero-order valence-corrected chi connectivity index (χ0v) is 14.2. The van der Waals surface area contributed by atoms with Crippen LogP contribution in [0.3, 0.4) is 0 Å². The van der Waals surface area contributed by atoms with Crippen molar-refractivity contribution >= 4 is 23.4 Å². The van der Waals surface area contributed by atoms with Gasteiger partial charge in [0, 0.05) is 16.3 Å². The summed E-state index contributed by atoms with van der Waals surface area (Å²) < 4.78 is 12.9. The van der Waals surface area contributed by atoms with Crippen molar-refractivity contribution in [2.24, 2.45) is 0 Å². The molecule has 124 valence electrons. The molecule has 0 aliphatic rings. The molecule has 0 radical (unpaired) electrons. The van der Waals surface area contributed by atoms with Crippen LogP contribution in [0.15, 0.2) is 47.4 Å². The second kappa shape index (κ2) is 7.47. The fourth-order valence-corrected chi connectivity index (χ4v) is 2.86. The molecule has 0 fully saturated rings. The maximum Gasteiger partial charge on any atom is 0.256 e. The van der Waals surface area contributed by atoms with E-state index in [2.05, 4.69) is 11.4 Å². The summed E-state index contributed by atoms with van der Waals surface area (Å²) in [4.78, 5) is 13.0. The molecule has 0 aliphatic carbocycles. The minimum Gasteiger partial charge on any atom is -0.379 e. The van der Waals surface area contributed by atoms with Crippen molar-refractivity contribution in [1.29, 1.82) is 5.26 Å². The molecule has 4 nitrogen and oxygen atoms in total. The number of aliphatic hydroxyl groups is 1. The van der Waals surface area contributed by atoms with Crippen LogP contribution in [-0.2, 0) is 4.79 Å². The fourth-order valence-electron chi connectivity index (χ4n) is 1.95. The van der Waals surface area contributed by atoms with Crippen molar-refractivity contribution in [1.82, 2.24) is 0 Å². The third-order valence-corrected chi connectivity index (χ3v) is 4.74. The highest BCUT2D eigenvalue weighted by molar-refractivity contribution is 7.99. The van der Waals surface area contributed by atoms with E-state index in [1.807, 2.05) is 0 Å². The molecular formula is C18H17FN2O2S. The third kappa shape index (κ3) is 4.57. The van der Waals surface area contributed by atoms with Crippen molar-refractivity contribution in [3.63, 3.8) is 0 Å². The fraction of sp³-hybridized carbons (Fsp3) is 0.222. The molecule has 2 aromatic carbocycles. The first-order chi connectivity index (χ1) is 11.3. The molecule has 0 spiro atoms. The first-order valence-electron chi connectivity index (χ1n) is 7.25. The number of nitrogens with zero attached hydrogens (tertiary/aromatic N) is 1. The largest absolute Gasteiger partial charge is 0.379 e. The molecule has 0 saturated carbocycles. The lowest BCUT2D eigenvalue weighted by atomic mass is 10.1. The minimum absolute atomic E-state index is 0.125. The molecule has 24 heavy (non-hydrogen) atoms. The van der Waals surface area contributed by atoms with Crippen LogP contribution in [0, 0.1) is 24.1 Å². The standard InChI is InChI=1S/C18H17FN2O2S/c1-12-9-15(6-3-13(12)10-20)21-17(22)18(2,23)11-24-16-7-4-14(19)5-8-16/h3-9,23H,11H2,1-2H3,(H,21,22). The van der Waals surface area contributed by atoms with E-state index in [1.165, 1.54) is 30.8 Å². The van der Waals surface area contributed by atoms with Gasteiger partial charge in [-0.25, -0.2) is 4.39 Å². The SMILES string of the molecule is Cc1cc(NC(=O)C(C)(O)CSc2ccc(F)cc2)ccc1C#N. The number of amides is 1. The van der Waals surface area contributed by atoms with E-state index >= 15 is 0 Å². The Morgan fingerprint density at radius 2 is 2.00 bits per heavy atom. The summed E-state index contributed by atoms with van der Waals surface area (Å²) in [5.74, 6) is -0.749. The summed E-state index contributed by atoms with van der Waals surface area (Å²) in [7, 11) is 0. The predicted octanol–water partition coefficient (Wildman–Crippen LogP) is 3.49. The molecule has 1 unspecified atom stereocenters. The third-order valence-electron chi connectivity index (χ3n) is 3.43. The van der Waals surface area contributed by atoms with Gasteiger partial charge in [-0.1, -0.05) is 0 Å². The topological polar surface area (TPSA) is 73.1 Å². The quantitative estimate of drug-likeness (QED) is 0.815. The molecule has 2 aromatic rings. The molecule has 1 atom stereocenters. The van der Waals surface area contributed by atoms with Gasteiger partial charge in [0.2, 0.25) is 0 Å². The molecule has 0 heterocycles. The lowest BCUT2D eigenvalue weighted by Crippen LogP contribution is -2.42. The Balaban J connectivity index is 2.00. The summed E-state index contributed by atoms with van der Waals surface area (Å²) in [5, 5.41) is 21.9. The van der Waals surface area contributed by atoms with Crippen LogP contribution in [0.25, 0.3) is 0 Å². The zero-order valence-electron chi connectivity index (χ0n) is 13.3. The van der Waals surface area contributed by atoms with E-state index in [1.54, 1.807) is 37.3 Å². The predicted molar refractivity (Wildman–Crippen MR) is 92.3 cm³/mol. The van der Waals surface area contributed by atoms with Gasteiger partial charge >= 0.3 is 0 Å². The van der Waals surface area contributed by atoms with Gasteiger partial charge in [-0.15, -0.1) is 11.8 Å². The Bertz CT molecular complexity index is 783. The number of thioether (sulfide) groups is 1. The number of nitrogens with one attached hydrogen (secondary N) is 1. The van der Waals surface area contributed by atoms with E-state index < -0.39 is 11.5 Å². The number of benzene rings is 2. The van der Waals surface area contributed by atoms with Crippen molar-refractivity contribution < 1.29 is 14.3 Å². The normalized spacial score (nSPS) is 13.0. The van der Waals surface area contributed by atoms with Crippen LogP contribution in [0.2, 0.25) is 0 Å². The summed E-state index contributed by atoms with van der Waals surface area (Å²) in [6, 6.07) is 12.8. The highest BCUT2D eigenvalue weighted by Gasteiger charge is 2.30. The number of aryl methyl sites for hydroxylation is 1. The maximum absolute atomic E-state index is 12.9. The van der Waals surface area contributed by atoms with Crippen LogP contribution in [0.1, 0.15) is 18.1 Å². The highest BCUT2D eigenvalue weighted by atomic mass is 32.2. The Hall–Kier alpha value is -2.36. The van der Waals surface area contributed by atoms with Crippen LogP contribution < -0.4 is 5.32 Å². The molecule has 2 N–H and O–H groups in total. The summed E-state index contributed by atoms with van der Waals surface area (Å²) in [6.07, 6.45) is 0. The van der Waals surface area contributed by atoms with Crippen LogP contribution in [-0.4, -0.2) is 22.4 Å². The van der Waals surface area contributed by atoms with Gasteiger partial charge in [0.1, 0.15) is 11.4 Å². The molecular weight excluding hydrogens is 327 g/mol. The number of carbonyl (C=O) groups excluding carboxylic acids is 1. The molecule has 0 aliphatic heterocycles. The number of rotatable bonds is 5. The Kier molecular flexibility index (Phi) is 5.60. The molecule has 0 bridgehead atoms. The first kappa shape index (κ1) is 18.0. The van der Waals surface area contributed by atoms with Gasteiger partial charge in [0.25, 0.3) is 5.91 Å². The van der Waals surface area contributed by atoms with Crippen LogP contribution in [0.5, 0.6) is 0 Å². The number of nitriles is 1. The van der Waals surface area contributed by atoms with Crippen molar-refractivity contribution in [2.45, 2.75) is 24.3 Å². The van der Waals surface area contributed by atoms with E-state index in [0.717, 1.165) is 10.5 Å². The molecule has 0 saturated heterocycles. The number of hydrogen-bond acceptors (Lipinski definition) is 4. The average Bonchev–Trinajstić information content (AvgIpc) is 2.54. The van der Waals surface area contributed by atoms with Crippen LogP contribution in [0.4, 0.5) is 10.1 Å². The molecule has 2 rings (SSSR count). The number of halogens is 1. The van der Waals surface area contributed by atoms with Crippen molar-refractivity contribution in [3.05, 3.63) is 59.4 Å². The van der Waals surface area contributed by atoms with Gasteiger partial charge in [0.15, 0.2) is 0 Å². The van der Waals surface area contributed by atoms with E-state index in [9.17, 15) is 14.3 Å². The van der Waals surface area contributed by atoms with Crippen LogP contribution >= 0.6 is 11.8 Å². The minimum atomic E-state index is -1.60. The Morgan fingerprint density at radius 1 is 1.33 bits per heavy atom. The maximum atomic E-state index is 12.9. The van der Waals surface area contributed by atoms with E-state index in [-0.39, 0.29) is 11.6 Å². The summed E-state index contributed by atoms with van der Waals surface area (Å²) in [6.45, 7) is 3.20. The molecule has 0 aromatic heterocycles. The Labute approximate surface area is 144 Å². The molecule has 6 heteroatoms. The van der Waals surface area contributed by atoms with E-state index in [4.69, 9.17) is 5.26 Å². The summed E-state index contributed by atoms with van der Waals surface area (Å²) >= 11 is 1.26. The van der Waals surface area contributed by atoms with Gasteiger partial charge in [-0.05, 0) is 61.9 Å². The molecule has 1 amide bonds. The summed E-state index contributed by atoms with van der Waals surface area (Å²) in [5.41, 5.74) is 0.201. The average molecular weight is 344 g/mol. The first-order valence-corrected chi connectivity index (χ1v) is 8.23. The van der Waals surface area contributed by atoms with Gasteiger partial charge < -0.3 is 10.4 Å². The number of anilines is 1. The van der Waals surface area contributed by atoms with Gasteiger partial charge in [0.05, 0.1) is 11.6 Å².